The Hall–Kier alpha value is -5.66. The van der Waals surface area contributed by atoms with E-state index >= 15 is 0 Å². The van der Waals surface area contributed by atoms with Crippen LogP contribution in [0.5, 0.6) is 0 Å². The fraction of sp³-hybridized carbons (Fsp3) is 0.0270. The van der Waals surface area contributed by atoms with Crippen LogP contribution in [0.3, 0.4) is 0 Å². The van der Waals surface area contributed by atoms with Crippen molar-refractivity contribution < 1.29 is 0 Å². The van der Waals surface area contributed by atoms with Gasteiger partial charge in [0.25, 0.3) is 0 Å². The van der Waals surface area contributed by atoms with Crippen molar-refractivity contribution in [2.75, 3.05) is 0 Å². The van der Waals surface area contributed by atoms with E-state index in [1.165, 1.54) is 30.9 Å². The van der Waals surface area contributed by atoms with Gasteiger partial charge >= 0.3 is 0 Å². The van der Waals surface area contributed by atoms with Gasteiger partial charge < -0.3 is 5.32 Å². The van der Waals surface area contributed by atoms with Crippen molar-refractivity contribution in [2.24, 2.45) is 9.98 Å². The largest absolute Gasteiger partial charge is 0.324 e. The van der Waals surface area contributed by atoms with Crippen LogP contribution >= 0.6 is 11.3 Å². The van der Waals surface area contributed by atoms with Gasteiger partial charge in [-0.25, -0.2) is 20.0 Å². The van der Waals surface area contributed by atoms with Crippen LogP contribution in [-0.4, -0.2) is 26.2 Å². The minimum Gasteiger partial charge on any atom is -0.324 e. The second-order valence-electron chi connectivity index (χ2n) is 10.8. The molecule has 8 aromatic rings. The van der Waals surface area contributed by atoms with E-state index in [2.05, 4.69) is 70.5 Å². The van der Waals surface area contributed by atoms with Gasteiger partial charge in [0.05, 0.1) is 11.0 Å². The first-order chi connectivity index (χ1) is 21.8. The van der Waals surface area contributed by atoms with E-state index in [1.54, 1.807) is 0 Å². The molecule has 1 aliphatic heterocycles. The summed E-state index contributed by atoms with van der Waals surface area (Å²) in [6, 6.07) is 41.9. The Morgan fingerprint density at radius 3 is 1.86 bits per heavy atom. The van der Waals surface area contributed by atoms with E-state index in [0.717, 1.165) is 39.4 Å². The van der Waals surface area contributed by atoms with E-state index in [0.29, 0.717) is 5.95 Å². The third-order valence-corrected chi connectivity index (χ3v) is 9.30. The normalized spacial score (nSPS) is 13.8. The fourth-order valence-corrected chi connectivity index (χ4v) is 7.19. The van der Waals surface area contributed by atoms with Gasteiger partial charge in [-0.05, 0) is 24.3 Å². The van der Waals surface area contributed by atoms with Crippen LogP contribution in [0.4, 0.5) is 0 Å². The second-order valence-corrected chi connectivity index (χ2v) is 11.9. The van der Waals surface area contributed by atoms with Crippen LogP contribution in [0, 0.1) is 0 Å². The molecule has 7 heteroatoms. The van der Waals surface area contributed by atoms with E-state index in [4.69, 9.17) is 20.0 Å². The zero-order valence-electron chi connectivity index (χ0n) is 23.4. The number of hydrogen-bond acceptors (Lipinski definition) is 6. The lowest BCUT2D eigenvalue weighted by Gasteiger charge is -2.22. The molecule has 0 saturated carbocycles. The first kappa shape index (κ1) is 24.9. The number of nitrogens with zero attached hydrogens (tertiary/aromatic N) is 5. The maximum Gasteiger partial charge on any atom is 0.234 e. The van der Waals surface area contributed by atoms with E-state index in [1.807, 2.05) is 84.4 Å². The molecular weight excluding hydrogens is 561 g/mol. The molecule has 0 bridgehead atoms. The molecule has 3 aromatic heterocycles. The number of thiophene rings is 1. The molecule has 0 unspecified atom stereocenters. The molecule has 1 N–H and O–H groups in total. The molecule has 208 valence electrons. The number of aromatic nitrogens is 3. The molecule has 9 rings (SSSR count). The molecule has 1 aliphatic rings. The van der Waals surface area contributed by atoms with Crippen molar-refractivity contribution in [2.45, 2.75) is 6.17 Å². The van der Waals surface area contributed by atoms with Crippen molar-refractivity contribution in [3.63, 3.8) is 0 Å². The van der Waals surface area contributed by atoms with Crippen LogP contribution in [0.2, 0.25) is 0 Å². The predicted molar refractivity (Wildman–Crippen MR) is 181 cm³/mol. The average Bonchev–Trinajstić information content (AvgIpc) is 3.62. The summed E-state index contributed by atoms with van der Waals surface area (Å²) in [5.41, 5.74) is 4.98. The Morgan fingerprint density at radius 1 is 0.545 bits per heavy atom. The summed E-state index contributed by atoms with van der Waals surface area (Å²) in [6.07, 6.45) is 3.23. The van der Waals surface area contributed by atoms with Gasteiger partial charge in [0.1, 0.15) is 11.7 Å². The monoisotopic (exact) mass is 584 g/mol. The maximum atomic E-state index is 4.98. The Balaban J connectivity index is 1.18. The van der Waals surface area contributed by atoms with Gasteiger partial charge in [0.15, 0.2) is 6.17 Å². The summed E-state index contributed by atoms with van der Waals surface area (Å²) in [7, 11) is 0. The van der Waals surface area contributed by atoms with Crippen molar-refractivity contribution in [3.8, 4) is 5.95 Å². The highest BCUT2D eigenvalue weighted by atomic mass is 32.1. The highest BCUT2D eigenvalue weighted by molar-refractivity contribution is 7.25. The SMILES string of the molecule is c1ccc(C2=NC(c3cnc(-n4c5ccccc5c5cc6c(cc54)sc4ccccc46)nc3)N=C(c3ccccc3)N2)cc1. The first-order valence-corrected chi connectivity index (χ1v) is 15.3. The van der Waals surface area contributed by atoms with Crippen molar-refractivity contribution in [3.05, 3.63) is 150 Å². The number of aliphatic imine (C=N–C) groups is 2. The minimum atomic E-state index is -0.480. The van der Waals surface area contributed by atoms with Crippen LogP contribution < -0.4 is 5.32 Å². The topological polar surface area (TPSA) is 67.5 Å². The van der Waals surface area contributed by atoms with Crippen molar-refractivity contribution in [1.29, 1.82) is 0 Å². The number of fused-ring (bicyclic) bond motifs is 6. The fourth-order valence-electron chi connectivity index (χ4n) is 6.07. The lowest BCUT2D eigenvalue weighted by molar-refractivity contribution is 0.742. The number of nitrogens with one attached hydrogen (secondary N) is 1. The number of rotatable bonds is 4. The van der Waals surface area contributed by atoms with E-state index < -0.39 is 6.17 Å². The Morgan fingerprint density at radius 2 is 1.16 bits per heavy atom. The van der Waals surface area contributed by atoms with E-state index in [9.17, 15) is 0 Å². The number of para-hydroxylation sites is 1. The van der Waals surface area contributed by atoms with Crippen LogP contribution in [-0.2, 0) is 0 Å². The second kappa shape index (κ2) is 9.97. The quantitative estimate of drug-likeness (QED) is 0.226. The van der Waals surface area contributed by atoms with Gasteiger partial charge in [-0.3, -0.25) is 4.57 Å². The van der Waals surface area contributed by atoms with E-state index in [-0.39, 0.29) is 0 Å². The van der Waals surface area contributed by atoms with Crippen molar-refractivity contribution in [1.82, 2.24) is 19.9 Å². The molecule has 0 fully saturated rings. The van der Waals surface area contributed by atoms with Crippen molar-refractivity contribution >= 4 is 65.0 Å². The smallest absolute Gasteiger partial charge is 0.234 e. The third-order valence-electron chi connectivity index (χ3n) is 8.16. The van der Waals surface area contributed by atoms with Gasteiger partial charge in [0.2, 0.25) is 5.95 Å². The molecule has 0 saturated heterocycles. The van der Waals surface area contributed by atoms with Crippen LogP contribution in [0.15, 0.2) is 144 Å². The summed E-state index contributed by atoms with van der Waals surface area (Å²) in [6.45, 7) is 0. The molecule has 5 aromatic carbocycles. The van der Waals surface area contributed by atoms with Gasteiger partial charge in [-0.1, -0.05) is 97.1 Å². The number of hydrogen-bond donors (Lipinski definition) is 1. The summed E-state index contributed by atoms with van der Waals surface area (Å²) < 4.78 is 4.71. The zero-order chi connectivity index (χ0) is 29.0. The molecule has 0 spiro atoms. The van der Waals surface area contributed by atoms with Crippen LogP contribution in [0.25, 0.3) is 47.9 Å². The molecule has 0 atom stereocenters. The molecule has 44 heavy (non-hydrogen) atoms. The molecular formula is C37H24N6S. The standard InChI is InChI=1S/C37H24N6S/c1-3-11-23(12-4-1)34-40-35(24-13-5-2-6-14-24)42-36(41-34)25-21-38-37(39-22-25)43-30-17-9-7-15-26(30)28-19-29-27-16-8-10-18-32(27)44-33(29)20-31(28)43/h1-22,36H,(H,40,41,42). The highest BCUT2D eigenvalue weighted by Crippen LogP contribution is 2.40. The zero-order valence-corrected chi connectivity index (χ0v) is 24.2. The Labute approximate surface area is 256 Å². The molecule has 6 nitrogen and oxygen atoms in total. The molecule has 0 radical (unpaired) electrons. The lowest BCUT2D eigenvalue weighted by Crippen LogP contribution is -2.36. The Kier molecular flexibility index (Phi) is 5.64. The third kappa shape index (κ3) is 4.01. The Bertz CT molecular complexity index is 2350. The molecule has 0 amide bonds. The maximum absolute atomic E-state index is 4.98. The lowest BCUT2D eigenvalue weighted by atomic mass is 10.1. The number of amidine groups is 2. The average molecular weight is 585 g/mol. The number of benzene rings is 5. The predicted octanol–water partition coefficient (Wildman–Crippen LogP) is 8.44. The van der Waals surface area contributed by atoms with Gasteiger partial charge in [-0.2, -0.15) is 0 Å². The summed E-state index contributed by atoms with van der Waals surface area (Å²) in [5, 5.41) is 8.38. The van der Waals surface area contributed by atoms with Gasteiger partial charge in [0, 0.05) is 60.0 Å². The van der Waals surface area contributed by atoms with Gasteiger partial charge in [-0.15, -0.1) is 11.3 Å². The summed E-state index contributed by atoms with van der Waals surface area (Å²) >= 11 is 1.82. The summed E-state index contributed by atoms with van der Waals surface area (Å²) in [5.74, 6) is 2.15. The highest BCUT2D eigenvalue weighted by Gasteiger charge is 2.22. The first-order valence-electron chi connectivity index (χ1n) is 14.5. The molecule has 0 aliphatic carbocycles. The van der Waals surface area contributed by atoms with Crippen LogP contribution in [0.1, 0.15) is 22.9 Å². The summed E-state index contributed by atoms with van der Waals surface area (Å²) in [4.78, 5) is 19.8. The minimum absolute atomic E-state index is 0.480. The molecule has 4 heterocycles.